The number of nitrogens with two attached hydrogens (primary N) is 1. The fraction of sp³-hybridized carbons (Fsp3) is 0.667. The van der Waals surface area contributed by atoms with Crippen LogP contribution in [-0.4, -0.2) is 24.8 Å². The van der Waals surface area contributed by atoms with E-state index >= 15 is 0 Å². The summed E-state index contributed by atoms with van der Waals surface area (Å²) in [5.41, 5.74) is 7.47. The molecule has 5 rings (SSSR count). The number of halogens is 1. The molecule has 1 unspecified atom stereocenters. The summed E-state index contributed by atoms with van der Waals surface area (Å²) in [4.78, 5) is 0. The number of rotatable bonds is 3. The van der Waals surface area contributed by atoms with Gasteiger partial charge in [0.15, 0.2) is 0 Å². The summed E-state index contributed by atoms with van der Waals surface area (Å²) >= 11 is 0. The van der Waals surface area contributed by atoms with Crippen LogP contribution < -0.4 is 5.73 Å². The van der Waals surface area contributed by atoms with Gasteiger partial charge in [0.25, 0.3) is 0 Å². The van der Waals surface area contributed by atoms with E-state index < -0.39 is 0 Å². The van der Waals surface area contributed by atoms with E-state index in [4.69, 9.17) is 15.0 Å². The average Bonchev–Trinajstić information content (AvgIpc) is 2.86. The molecule has 0 amide bonds. The van der Waals surface area contributed by atoms with Crippen molar-refractivity contribution >= 4 is 7.12 Å². The maximum absolute atomic E-state index is 13.0. The molecule has 1 aromatic rings. The van der Waals surface area contributed by atoms with Gasteiger partial charge in [0.1, 0.15) is 5.82 Å². The Morgan fingerprint density at radius 2 is 1.96 bits per heavy atom. The maximum atomic E-state index is 13.0. The molecular formula is C18H25BFNO2. The lowest BCUT2D eigenvalue weighted by atomic mass is 9.43. The van der Waals surface area contributed by atoms with Gasteiger partial charge in [-0.2, -0.15) is 0 Å². The minimum atomic E-state index is -0.370. The third kappa shape index (κ3) is 2.28. The second-order valence-electron chi connectivity index (χ2n) is 8.33. The molecule has 5 heteroatoms. The Labute approximate surface area is 137 Å². The van der Waals surface area contributed by atoms with Crippen molar-refractivity contribution in [3.8, 4) is 0 Å². The Morgan fingerprint density at radius 3 is 2.61 bits per heavy atom. The van der Waals surface area contributed by atoms with Crippen LogP contribution in [0.2, 0.25) is 0 Å². The molecule has 2 bridgehead atoms. The molecule has 2 N–H and O–H groups in total. The van der Waals surface area contributed by atoms with Gasteiger partial charge < -0.3 is 15.0 Å². The van der Waals surface area contributed by atoms with E-state index in [9.17, 15) is 4.39 Å². The third-order valence-electron chi connectivity index (χ3n) is 6.70. The summed E-state index contributed by atoms with van der Waals surface area (Å²) in [5, 5.41) is 0. The molecule has 23 heavy (non-hydrogen) atoms. The average molecular weight is 317 g/mol. The molecule has 3 saturated carbocycles. The summed E-state index contributed by atoms with van der Waals surface area (Å²) in [6.45, 7) is 6.90. The van der Waals surface area contributed by atoms with Crippen LogP contribution in [0.4, 0.5) is 4.39 Å². The minimum Gasteiger partial charge on any atom is -0.404 e. The van der Waals surface area contributed by atoms with Crippen LogP contribution in [0.15, 0.2) is 24.3 Å². The lowest BCUT2D eigenvalue weighted by Gasteiger charge is -2.64. The molecular weight excluding hydrogens is 292 g/mol. The van der Waals surface area contributed by atoms with Crippen molar-refractivity contribution < 1.29 is 13.7 Å². The second-order valence-corrected chi connectivity index (χ2v) is 8.33. The predicted octanol–water partition coefficient (Wildman–Crippen LogP) is 2.96. The highest BCUT2D eigenvalue weighted by atomic mass is 19.1. The van der Waals surface area contributed by atoms with Crippen molar-refractivity contribution in [2.45, 2.75) is 57.7 Å². The van der Waals surface area contributed by atoms with E-state index in [-0.39, 0.29) is 30.6 Å². The molecule has 3 aliphatic carbocycles. The van der Waals surface area contributed by atoms with Crippen molar-refractivity contribution in [1.82, 2.24) is 0 Å². The smallest absolute Gasteiger partial charge is 0.404 e. The zero-order chi connectivity index (χ0) is 16.4. The normalized spacial score (nSPS) is 38.8. The summed E-state index contributed by atoms with van der Waals surface area (Å²) in [7, 11) is -0.370. The zero-order valence-electron chi connectivity index (χ0n) is 14.1. The monoisotopic (exact) mass is 317 g/mol. The SMILES string of the molecule is CC1(C)[C@@H]2C[C@H]3OB(C(N)Cc4ccc(F)cc4)O[C@@]3(C)[C@H]1C2. The van der Waals surface area contributed by atoms with Crippen molar-refractivity contribution in [3.05, 3.63) is 35.6 Å². The molecule has 1 heterocycles. The maximum Gasteiger partial charge on any atom is 0.475 e. The lowest BCUT2D eigenvalue weighted by molar-refractivity contribution is -0.199. The highest BCUT2D eigenvalue weighted by molar-refractivity contribution is 6.47. The Bertz CT molecular complexity index is 608. The van der Waals surface area contributed by atoms with Gasteiger partial charge in [-0.25, -0.2) is 4.39 Å². The molecule has 1 saturated heterocycles. The highest BCUT2D eigenvalue weighted by Crippen LogP contribution is 2.65. The second kappa shape index (κ2) is 5.04. The van der Waals surface area contributed by atoms with Crippen molar-refractivity contribution in [2.24, 2.45) is 23.0 Å². The van der Waals surface area contributed by atoms with Gasteiger partial charge in [-0.1, -0.05) is 26.0 Å². The summed E-state index contributed by atoms with van der Waals surface area (Å²) in [6, 6.07) is 6.49. The van der Waals surface area contributed by atoms with Crippen molar-refractivity contribution in [2.75, 3.05) is 0 Å². The lowest BCUT2D eigenvalue weighted by Crippen LogP contribution is -2.65. The van der Waals surface area contributed by atoms with E-state index in [0.717, 1.165) is 17.9 Å². The number of hydrogen-bond acceptors (Lipinski definition) is 3. The van der Waals surface area contributed by atoms with Crippen LogP contribution in [0, 0.1) is 23.1 Å². The van der Waals surface area contributed by atoms with E-state index in [0.29, 0.717) is 17.8 Å². The van der Waals surface area contributed by atoms with E-state index in [1.54, 1.807) is 12.1 Å². The first-order valence-corrected chi connectivity index (χ1v) is 8.64. The molecule has 1 aromatic carbocycles. The first-order valence-electron chi connectivity index (χ1n) is 8.64. The van der Waals surface area contributed by atoms with E-state index in [2.05, 4.69) is 20.8 Å². The number of hydrogen-bond donors (Lipinski definition) is 1. The van der Waals surface area contributed by atoms with Gasteiger partial charge in [0.2, 0.25) is 0 Å². The Morgan fingerprint density at radius 1 is 1.26 bits per heavy atom. The number of benzene rings is 1. The van der Waals surface area contributed by atoms with Gasteiger partial charge in [-0.05, 0) is 61.1 Å². The van der Waals surface area contributed by atoms with E-state index in [1.165, 1.54) is 18.6 Å². The minimum absolute atomic E-state index is 0.156. The fourth-order valence-corrected chi connectivity index (χ4v) is 5.07. The third-order valence-corrected chi connectivity index (χ3v) is 6.70. The molecule has 124 valence electrons. The van der Waals surface area contributed by atoms with Gasteiger partial charge in [-0.3, -0.25) is 0 Å². The van der Waals surface area contributed by atoms with Crippen LogP contribution in [0.25, 0.3) is 0 Å². The molecule has 0 spiro atoms. The first kappa shape index (κ1) is 15.6. The van der Waals surface area contributed by atoms with Gasteiger partial charge in [-0.15, -0.1) is 0 Å². The fourth-order valence-electron chi connectivity index (χ4n) is 5.07. The van der Waals surface area contributed by atoms with Crippen LogP contribution in [0.5, 0.6) is 0 Å². The van der Waals surface area contributed by atoms with Crippen LogP contribution in [0.3, 0.4) is 0 Å². The summed E-state index contributed by atoms with van der Waals surface area (Å²) in [5.74, 6) is 0.822. The van der Waals surface area contributed by atoms with Crippen LogP contribution in [-0.2, 0) is 15.7 Å². The standard InChI is InChI=1S/C18H25BFNO2/c1-17(2)12-9-14(17)18(3)15(10-12)22-19(23-18)16(21)8-11-4-6-13(20)7-5-11/h4-7,12,14-16H,8-10,21H2,1-3H3/t12-,14-,15+,16?,18-/m0/s1. The molecule has 4 aliphatic rings. The van der Waals surface area contributed by atoms with Gasteiger partial charge >= 0.3 is 7.12 Å². The van der Waals surface area contributed by atoms with Crippen LogP contribution in [0.1, 0.15) is 39.2 Å². The molecule has 5 atom stereocenters. The van der Waals surface area contributed by atoms with Crippen molar-refractivity contribution in [1.29, 1.82) is 0 Å². The van der Waals surface area contributed by atoms with Crippen LogP contribution >= 0.6 is 0 Å². The molecule has 3 nitrogen and oxygen atoms in total. The molecule has 0 aromatic heterocycles. The quantitative estimate of drug-likeness (QED) is 0.872. The summed E-state index contributed by atoms with van der Waals surface area (Å²) < 4.78 is 25.6. The van der Waals surface area contributed by atoms with Gasteiger partial charge in [0.05, 0.1) is 11.7 Å². The Hall–Kier alpha value is -0.905. The Kier molecular flexibility index (Phi) is 3.42. The van der Waals surface area contributed by atoms with Gasteiger partial charge in [0, 0.05) is 5.94 Å². The zero-order valence-corrected chi connectivity index (χ0v) is 14.1. The van der Waals surface area contributed by atoms with Crippen molar-refractivity contribution in [3.63, 3.8) is 0 Å². The molecule has 4 fully saturated rings. The predicted molar refractivity (Wildman–Crippen MR) is 88.2 cm³/mol. The molecule has 0 radical (unpaired) electrons. The van der Waals surface area contributed by atoms with E-state index in [1.807, 2.05) is 0 Å². The Balaban J connectivity index is 1.47. The largest absolute Gasteiger partial charge is 0.475 e. The highest BCUT2D eigenvalue weighted by Gasteiger charge is 2.68. The molecule has 1 aliphatic heterocycles. The first-order chi connectivity index (χ1) is 10.8. The summed E-state index contributed by atoms with van der Waals surface area (Å²) in [6.07, 6.45) is 3.09. The topological polar surface area (TPSA) is 44.5 Å².